The van der Waals surface area contributed by atoms with Crippen LogP contribution >= 0.6 is 11.8 Å². The van der Waals surface area contributed by atoms with Gasteiger partial charge in [-0.05, 0) is 36.8 Å². The van der Waals surface area contributed by atoms with Crippen molar-refractivity contribution >= 4 is 23.5 Å². The van der Waals surface area contributed by atoms with E-state index in [0.717, 1.165) is 17.7 Å². The first-order valence-electron chi connectivity index (χ1n) is 8.26. The molecule has 3 rings (SSSR count). The van der Waals surface area contributed by atoms with Crippen LogP contribution in [0.4, 0.5) is 10.5 Å². The van der Waals surface area contributed by atoms with Crippen molar-refractivity contribution in [2.24, 2.45) is 0 Å². The Hall–Kier alpha value is -2.02. The van der Waals surface area contributed by atoms with Gasteiger partial charge in [-0.2, -0.15) is 16.9 Å². The molecule has 1 heterocycles. The molecule has 6 nitrogen and oxygen atoms in total. The van der Waals surface area contributed by atoms with E-state index >= 15 is 0 Å². The fourth-order valence-corrected chi connectivity index (χ4v) is 4.06. The fourth-order valence-electron chi connectivity index (χ4n) is 3.13. The van der Waals surface area contributed by atoms with Gasteiger partial charge in [0.2, 0.25) is 0 Å². The number of carbonyl (C=O) groups excluding carboxylic acids is 1. The number of nitrogens with zero attached hydrogens (tertiary/aromatic N) is 3. The second-order valence-corrected chi connectivity index (χ2v) is 7.13. The number of urea groups is 1. The van der Waals surface area contributed by atoms with Crippen molar-refractivity contribution in [3.05, 3.63) is 42.5 Å². The van der Waals surface area contributed by atoms with Crippen molar-refractivity contribution in [3.63, 3.8) is 0 Å². The molecule has 0 bridgehead atoms. The summed E-state index contributed by atoms with van der Waals surface area (Å²) in [6.45, 7) is 0.633. The van der Waals surface area contributed by atoms with Crippen LogP contribution in [0, 0.1) is 0 Å². The third-order valence-electron chi connectivity index (χ3n) is 4.32. The van der Waals surface area contributed by atoms with Crippen molar-refractivity contribution in [2.75, 3.05) is 11.6 Å². The van der Waals surface area contributed by atoms with Gasteiger partial charge in [-0.1, -0.05) is 25.0 Å². The van der Waals surface area contributed by atoms with Crippen molar-refractivity contribution in [1.29, 1.82) is 0 Å². The van der Waals surface area contributed by atoms with Gasteiger partial charge in [-0.25, -0.2) is 14.5 Å². The van der Waals surface area contributed by atoms with Gasteiger partial charge >= 0.3 is 6.03 Å². The van der Waals surface area contributed by atoms with Crippen molar-refractivity contribution in [1.82, 2.24) is 20.1 Å². The molecule has 0 saturated heterocycles. The summed E-state index contributed by atoms with van der Waals surface area (Å²) in [5.41, 5.74) is 1.86. The lowest BCUT2D eigenvalue weighted by molar-refractivity contribution is 0.245. The summed E-state index contributed by atoms with van der Waals surface area (Å²) in [6.07, 6.45) is 10.0. The topological polar surface area (TPSA) is 71.8 Å². The Balaban J connectivity index is 1.57. The number of thioether (sulfide) groups is 1. The zero-order valence-corrected chi connectivity index (χ0v) is 14.6. The maximum Gasteiger partial charge on any atom is 0.319 e. The van der Waals surface area contributed by atoms with Crippen LogP contribution in [0.15, 0.2) is 36.9 Å². The normalized spacial score (nSPS) is 20.5. The number of anilines is 1. The van der Waals surface area contributed by atoms with Gasteiger partial charge in [0.05, 0.1) is 6.54 Å². The standard InChI is InChI=1S/C17H23N5OS/c1-24-16-8-3-2-7-15(16)21-17(23)20-14-6-4-5-13(9-14)10-22-12-18-11-19-22/h4-6,9,11-12,15-16H,2-3,7-8,10H2,1H3,(H2,20,21,23). The van der Waals surface area contributed by atoms with Gasteiger partial charge in [0.1, 0.15) is 12.7 Å². The van der Waals surface area contributed by atoms with Gasteiger partial charge < -0.3 is 10.6 Å². The monoisotopic (exact) mass is 345 g/mol. The highest BCUT2D eigenvalue weighted by molar-refractivity contribution is 7.99. The lowest BCUT2D eigenvalue weighted by atomic mass is 9.95. The van der Waals surface area contributed by atoms with Crippen LogP contribution in [-0.2, 0) is 6.54 Å². The Morgan fingerprint density at radius 3 is 3.04 bits per heavy atom. The Labute approximate surface area is 146 Å². The van der Waals surface area contributed by atoms with E-state index in [4.69, 9.17) is 0 Å². The molecule has 0 radical (unpaired) electrons. The molecule has 2 aromatic rings. The molecule has 1 aromatic heterocycles. The lowest BCUT2D eigenvalue weighted by Gasteiger charge is -2.30. The Kier molecular flexibility index (Phi) is 5.74. The minimum Gasteiger partial charge on any atom is -0.334 e. The molecule has 1 aliphatic rings. The predicted molar refractivity (Wildman–Crippen MR) is 97.3 cm³/mol. The minimum absolute atomic E-state index is 0.126. The van der Waals surface area contributed by atoms with E-state index in [1.54, 1.807) is 11.0 Å². The molecule has 2 N–H and O–H groups in total. The number of rotatable bonds is 5. The molecule has 7 heteroatoms. The zero-order valence-electron chi connectivity index (χ0n) is 13.8. The Morgan fingerprint density at radius 1 is 1.38 bits per heavy atom. The van der Waals surface area contributed by atoms with E-state index in [0.29, 0.717) is 11.8 Å². The van der Waals surface area contributed by atoms with Crippen LogP contribution in [-0.4, -0.2) is 38.3 Å². The molecular weight excluding hydrogens is 322 g/mol. The van der Waals surface area contributed by atoms with Crippen LogP contribution in [0.1, 0.15) is 31.2 Å². The van der Waals surface area contributed by atoms with E-state index in [1.807, 2.05) is 36.0 Å². The maximum atomic E-state index is 12.3. The van der Waals surface area contributed by atoms with Crippen molar-refractivity contribution in [2.45, 2.75) is 43.5 Å². The number of carbonyl (C=O) groups is 1. The Bertz CT molecular complexity index is 661. The van der Waals surface area contributed by atoms with Crippen LogP contribution in [0.25, 0.3) is 0 Å². The number of aromatic nitrogens is 3. The number of hydrogen-bond acceptors (Lipinski definition) is 4. The molecule has 1 aliphatic carbocycles. The Morgan fingerprint density at radius 2 is 2.25 bits per heavy atom. The van der Waals surface area contributed by atoms with E-state index in [1.165, 1.54) is 25.6 Å². The summed E-state index contributed by atoms with van der Waals surface area (Å²) in [4.78, 5) is 16.3. The molecular formula is C17H23N5OS. The van der Waals surface area contributed by atoms with Gasteiger partial charge in [0.25, 0.3) is 0 Å². The molecule has 0 aliphatic heterocycles. The summed E-state index contributed by atoms with van der Waals surface area (Å²) in [7, 11) is 0. The second-order valence-electron chi connectivity index (χ2n) is 6.06. The van der Waals surface area contributed by atoms with Crippen LogP contribution < -0.4 is 10.6 Å². The summed E-state index contributed by atoms with van der Waals surface area (Å²) in [5, 5.41) is 10.7. The molecule has 1 fully saturated rings. The first kappa shape index (κ1) is 16.8. The largest absolute Gasteiger partial charge is 0.334 e. The highest BCUT2D eigenvalue weighted by Gasteiger charge is 2.25. The average Bonchev–Trinajstić information content (AvgIpc) is 3.08. The summed E-state index contributed by atoms with van der Waals surface area (Å²) in [5.74, 6) is 0. The minimum atomic E-state index is -0.126. The molecule has 0 spiro atoms. The number of benzene rings is 1. The molecule has 1 aromatic carbocycles. The van der Waals surface area contributed by atoms with Crippen molar-refractivity contribution in [3.8, 4) is 0 Å². The first-order valence-corrected chi connectivity index (χ1v) is 9.55. The highest BCUT2D eigenvalue weighted by Crippen LogP contribution is 2.27. The third kappa shape index (κ3) is 4.50. The molecule has 1 saturated carbocycles. The van der Waals surface area contributed by atoms with Crippen molar-refractivity contribution < 1.29 is 4.79 Å². The summed E-state index contributed by atoms with van der Waals surface area (Å²) >= 11 is 1.85. The number of amides is 2. The summed E-state index contributed by atoms with van der Waals surface area (Å²) < 4.78 is 1.75. The SMILES string of the molecule is CSC1CCCCC1NC(=O)Nc1cccc(Cn2cncn2)c1. The van der Waals surface area contributed by atoms with Crippen LogP contribution in [0.2, 0.25) is 0 Å². The molecule has 2 atom stereocenters. The van der Waals surface area contributed by atoms with Gasteiger partial charge in [0, 0.05) is 17.0 Å². The highest BCUT2D eigenvalue weighted by atomic mass is 32.2. The zero-order chi connectivity index (χ0) is 16.8. The molecule has 24 heavy (non-hydrogen) atoms. The third-order valence-corrected chi connectivity index (χ3v) is 5.49. The van der Waals surface area contributed by atoms with Crippen LogP contribution in [0.5, 0.6) is 0 Å². The van der Waals surface area contributed by atoms with E-state index in [2.05, 4.69) is 27.0 Å². The average molecular weight is 345 g/mol. The first-order chi connectivity index (χ1) is 11.7. The second kappa shape index (κ2) is 8.19. The van der Waals surface area contributed by atoms with Gasteiger partial charge in [0.15, 0.2) is 0 Å². The fraction of sp³-hybridized carbons (Fsp3) is 0.471. The summed E-state index contributed by atoms with van der Waals surface area (Å²) in [6, 6.07) is 7.94. The van der Waals surface area contributed by atoms with E-state index in [-0.39, 0.29) is 12.1 Å². The van der Waals surface area contributed by atoms with Gasteiger partial charge in [-0.15, -0.1) is 0 Å². The quantitative estimate of drug-likeness (QED) is 0.873. The number of hydrogen-bond donors (Lipinski definition) is 2. The smallest absolute Gasteiger partial charge is 0.319 e. The molecule has 2 amide bonds. The molecule has 128 valence electrons. The van der Waals surface area contributed by atoms with E-state index in [9.17, 15) is 4.79 Å². The maximum absolute atomic E-state index is 12.3. The predicted octanol–water partition coefficient (Wildman–Crippen LogP) is 3.12. The number of nitrogens with one attached hydrogen (secondary N) is 2. The molecule has 2 unspecified atom stereocenters. The van der Waals surface area contributed by atoms with Gasteiger partial charge in [-0.3, -0.25) is 0 Å². The van der Waals surface area contributed by atoms with E-state index < -0.39 is 0 Å². The lowest BCUT2D eigenvalue weighted by Crippen LogP contribution is -2.45. The van der Waals surface area contributed by atoms with Crippen LogP contribution in [0.3, 0.4) is 0 Å².